The second-order valence-corrected chi connectivity index (χ2v) is 9.94. The summed E-state index contributed by atoms with van der Waals surface area (Å²) in [5.74, 6) is 0.690. The lowest BCUT2D eigenvalue weighted by molar-refractivity contribution is -0.130. The van der Waals surface area contributed by atoms with Gasteiger partial charge in [-0.2, -0.15) is 0 Å². The van der Waals surface area contributed by atoms with Gasteiger partial charge in [-0.1, -0.05) is 47.2 Å². The number of aryl methyl sites for hydroxylation is 4. The maximum atomic E-state index is 12.7. The van der Waals surface area contributed by atoms with Crippen LogP contribution in [0.4, 0.5) is 5.69 Å². The summed E-state index contributed by atoms with van der Waals surface area (Å²) in [5, 5.41) is 11.6. The molecule has 1 aromatic heterocycles. The minimum atomic E-state index is -0.0336. The quantitative estimate of drug-likeness (QED) is 0.500. The molecular weight excluding hydrogens is 462 g/mol. The molecule has 2 aromatic carbocycles. The van der Waals surface area contributed by atoms with E-state index in [2.05, 4.69) is 26.5 Å². The summed E-state index contributed by atoms with van der Waals surface area (Å²) in [6.07, 6.45) is 0. The molecule has 1 aliphatic rings. The lowest BCUT2D eigenvalue weighted by Crippen LogP contribution is -2.50. The minimum Gasteiger partial charge on any atom is -0.411 e. The van der Waals surface area contributed by atoms with Crippen molar-refractivity contribution in [3.8, 4) is 11.5 Å². The van der Waals surface area contributed by atoms with Gasteiger partial charge < -0.3 is 14.6 Å². The third-order valence-electron chi connectivity index (χ3n) is 6.03. The number of benzene rings is 2. The molecule has 2 heterocycles. The average molecular weight is 494 g/mol. The van der Waals surface area contributed by atoms with Crippen LogP contribution in [0, 0.1) is 27.7 Å². The predicted octanol–water partition coefficient (Wildman–Crippen LogP) is 3.85. The summed E-state index contributed by atoms with van der Waals surface area (Å²) in [7, 11) is 0. The monoisotopic (exact) mass is 493 g/mol. The van der Waals surface area contributed by atoms with E-state index < -0.39 is 0 Å². The van der Waals surface area contributed by atoms with Gasteiger partial charge in [0.25, 0.3) is 5.22 Å². The normalized spacial score (nSPS) is 14.2. The highest BCUT2D eigenvalue weighted by molar-refractivity contribution is 7.99. The number of anilines is 1. The van der Waals surface area contributed by atoms with Crippen LogP contribution in [-0.2, 0) is 9.59 Å². The Bertz CT molecular complexity index is 1180. The van der Waals surface area contributed by atoms with Crippen LogP contribution in [0.2, 0.25) is 0 Å². The summed E-state index contributed by atoms with van der Waals surface area (Å²) in [5.41, 5.74) is 6.12. The first-order valence-electron chi connectivity index (χ1n) is 11.7. The van der Waals surface area contributed by atoms with E-state index in [1.165, 1.54) is 11.8 Å². The Morgan fingerprint density at radius 2 is 1.63 bits per heavy atom. The van der Waals surface area contributed by atoms with Crippen LogP contribution in [0.5, 0.6) is 0 Å². The Morgan fingerprint density at radius 3 is 2.29 bits per heavy atom. The van der Waals surface area contributed by atoms with Gasteiger partial charge in [0.1, 0.15) is 0 Å². The first kappa shape index (κ1) is 24.9. The summed E-state index contributed by atoms with van der Waals surface area (Å²) in [6.45, 7) is 10.8. The molecule has 0 unspecified atom stereocenters. The first-order valence-corrected chi connectivity index (χ1v) is 12.7. The Balaban J connectivity index is 1.22. The fourth-order valence-corrected chi connectivity index (χ4v) is 4.91. The lowest BCUT2D eigenvalue weighted by atomic mass is 10.1. The van der Waals surface area contributed by atoms with Crippen LogP contribution in [0.3, 0.4) is 0 Å². The van der Waals surface area contributed by atoms with Crippen LogP contribution in [0.25, 0.3) is 11.5 Å². The number of piperazine rings is 1. The molecule has 0 radical (unpaired) electrons. The Hall–Kier alpha value is -3.17. The molecule has 184 valence electrons. The van der Waals surface area contributed by atoms with E-state index in [9.17, 15) is 9.59 Å². The number of rotatable bonds is 7. The van der Waals surface area contributed by atoms with Gasteiger partial charge in [0.2, 0.25) is 17.7 Å². The molecular formula is C26H31N5O3S. The van der Waals surface area contributed by atoms with Gasteiger partial charge in [0.15, 0.2) is 0 Å². The van der Waals surface area contributed by atoms with Crippen molar-refractivity contribution in [2.75, 3.05) is 43.8 Å². The number of para-hydroxylation sites is 1. The predicted molar refractivity (Wildman–Crippen MR) is 137 cm³/mol. The molecule has 1 saturated heterocycles. The highest BCUT2D eigenvalue weighted by Crippen LogP contribution is 2.25. The SMILES string of the molecule is Cc1cc(C)cc(-c2nnc(SCC(=O)N3CCN(CC(=O)Nc4c(C)cccc4C)CC3)o2)c1. The van der Waals surface area contributed by atoms with E-state index >= 15 is 0 Å². The van der Waals surface area contributed by atoms with E-state index in [1.807, 2.05) is 62.9 Å². The largest absolute Gasteiger partial charge is 0.411 e. The van der Waals surface area contributed by atoms with Crippen LogP contribution in [0.15, 0.2) is 46.0 Å². The number of hydrogen-bond acceptors (Lipinski definition) is 7. The van der Waals surface area contributed by atoms with E-state index in [1.54, 1.807) is 0 Å². The van der Waals surface area contributed by atoms with Gasteiger partial charge in [-0.05, 0) is 51.0 Å². The minimum absolute atomic E-state index is 0.0285. The second kappa shape index (κ2) is 11.0. The molecule has 2 amide bonds. The number of carbonyl (C=O) groups is 2. The number of aromatic nitrogens is 2. The molecule has 0 saturated carbocycles. The van der Waals surface area contributed by atoms with Gasteiger partial charge in [-0.25, -0.2) is 0 Å². The fraction of sp³-hybridized carbons (Fsp3) is 0.385. The van der Waals surface area contributed by atoms with Crippen LogP contribution >= 0.6 is 11.8 Å². The topological polar surface area (TPSA) is 91.6 Å². The van der Waals surface area contributed by atoms with Crippen LogP contribution in [-0.4, -0.2) is 70.3 Å². The van der Waals surface area contributed by atoms with Gasteiger partial charge in [0.05, 0.1) is 12.3 Å². The van der Waals surface area contributed by atoms with Gasteiger partial charge in [-0.15, -0.1) is 10.2 Å². The van der Waals surface area contributed by atoms with Crippen molar-refractivity contribution in [1.82, 2.24) is 20.0 Å². The highest BCUT2D eigenvalue weighted by atomic mass is 32.2. The number of amides is 2. The van der Waals surface area contributed by atoms with Crippen LogP contribution in [0.1, 0.15) is 22.3 Å². The fourth-order valence-electron chi connectivity index (χ4n) is 4.25. The molecule has 1 aliphatic heterocycles. The van der Waals surface area contributed by atoms with Gasteiger partial charge in [0, 0.05) is 37.4 Å². The van der Waals surface area contributed by atoms with E-state index in [0.717, 1.165) is 33.5 Å². The third-order valence-corrected chi connectivity index (χ3v) is 6.84. The number of thioether (sulfide) groups is 1. The summed E-state index contributed by atoms with van der Waals surface area (Å²) >= 11 is 1.25. The molecule has 0 atom stereocenters. The van der Waals surface area contributed by atoms with Crippen molar-refractivity contribution in [2.24, 2.45) is 0 Å². The highest BCUT2D eigenvalue weighted by Gasteiger charge is 2.23. The van der Waals surface area contributed by atoms with Crippen molar-refractivity contribution in [2.45, 2.75) is 32.9 Å². The molecule has 9 heteroatoms. The Labute approximate surface area is 210 Å². The number of nitrogens with zero attached hydrogens (tertiary/aromatic N) is 4. The second-order valence-electron chi connectivity index (χ2n) is 9.01. The summed E-state index contributed by atoms with van der Waals surface area (Å²) in [6, 6.07) is 12.1. The van der Waals surface area contributed by atoms with Crippen molar-refractivity contribution in [1.29, 1.82) is 0 Å². The molecule has 0 spiro atoms. The number of carbonyl (C=O) groups excluding carboxylic acids is 2. The summed E-state index contributed by atoms with van der Waals surface area (Å²) in [4.78, 5) is 29.1. The Kier molecular flexibility index (Phi) is 7.87. The smallest absolute Gasteiger partial charge is 0.277 e. The van der Waals surface area contributed by atoms with Crippen molar-refractivity contribution >= 4 is 29.3 Å². The first-order chi connectivity index (χ1) is 16.8. The molecule has 0 bridgehead atoms. The lowest BCUT2D eigenvalue weighted by Gasteiger charge is -2.34. The molecule has 1 fully saturated rings. The zero-order valence-corrected chi connectivity index (χ0v) is 21.4. The van der Waals surface area contributed by atoms with Crippen LogP contribution < -0.4 is 5.32 Å². The van der Waals surface area contributed by atoms with Gasteiger partial charge in [-0.3, -0.25) is 14.5 Å². The van der Waals surface area contributed by atoms with E-state index in [0.29, 0.717) is 43.8 Å². The molecule has 4 rings (SSSR count). The zero-order valence-electron chi connectivity index (χ0n) is 20.6. The number of hydrogen-bond donors (Lipinski definition) is 1. The van der Waals surface area contributed by atoms with Crippen molar-refractivity contribution in [3.63, 3.8) is 0 Å². The molecule has 3 aromatic rings. The summed E-state index contributed by atoms with van der Waals surface area (Å²) < 4.78 is 5.76. The van der Waals surface area contributed by atoms with Gasteiger partial charge >= 0.3 is 0 Å². The maximum Gasteiger partial charge on any atom is 0.277 e. The maximum absolute atomic E-state index is 12.7. The van der Waals surface area contributed by atoms with E-state index in [-0.39, 0.29) is 17.6 Å². The van der Waals surface area contributed by atoms with Crippen molar-refractivity contribution < 1.29 is 14.0 Å². The van der Waals surface area contributed by atoms with Crippen molar-refractivity contribution in [3.05, 3.63) is 58.7 Å². The standard InChI is InChI=1S/C26H31N5O3S/c1-17-12-18(2)14-21(13-17)25-28-29-26(34-25)35-16-23(33)31-10-8-30(9-11-31)15-22(32)27-24-19(3)6-5-7-20(24)4/h5-7,12-14H,8-11,15-16H2,1-4H3,(H,27,32). The zero-order chi connectivity index (χ0) is 24.9. The molecule has 35 heavy (non-hydrogen) atoms. The molecule has 0 aliphatic carbocycles. The molecule has 8 nitrogen and oxygen atoms in total. The number of nitrogens with one attached hydrogen (secondary N) is 1. The average Bonchev–Trinajstić information content (AvgIpc) is 3.29. The Morgan fingerprint density at radius 1 is 0.971 bits per heavy atom. The molecule has 1 N–H and O–H groups in total. The van der Waals surface area contributed by atoms with E-state index in [4.69, 9.17) is 4.42 Å². The third kappa shape index (κ3) is 6.49.